The highest BCUT2D eigenvalue weighted by molar-refractivity contribution is 5.84. The summed E-state index contributed by atoms with van der Waals surface area (Å²) in [7, 11) is 0. The smallest absolute Gasteiger partial charge is 0.139 e. The fraction of sp³-hybridized carbons (Fsp3) is 0.964. The maximum atomic E-state index is 13.0. The lowest BCUT2D eigenvalue weighted by atomic mass is 9.44. The molecule has 4 aliphatic carbocycles. The van der Waals surface area contributed by atoms with Crippen LogP contribution in [0.5, 0.6) is 0 Å². The van der Waals surface area contributed by atoms with E-state index in [0.29, 0.717) is 28.4 Å². The number of carbonyl (C=O) groups excluding carboxylic acids is 1. The van der Waals surface area contributed by atoms with Gasteiger partial charge in [-0.2, -0.15) is 0 Å². The number of rotatable bonds is 5. The largest absolute Gasteiger partial charge is 0.299 e. The molecule has 0 aliphatic heterocycles. The van der Waals surface area contributed by atoms with E-state index >= 15 is 0 Å². The van der Waals surface area contributed by atoms with Gasteiger partial charge in [0, 0.05) is 11.8 Å². The summed E-state index contributed by atoms with van der Waals surface area (Å²) in [4.78, 5) is 13.0. The van der Waals surface area contributed by atoms with Gasteiger partial charge in [0.05, 0.1) is 0 Å². The van der Waals surface area contributed by atoms with Gasteiger partial charge in [0.15, 0.2) is 0 Å². The van der Waals surface area contributed by atoms with Crippen molar-refractivity contribution in [3.05, 3.63) is 0 Å². The van der Waals surface area contributed by atoms with Crippen LogP contribution in [-0.4, -0.2) is 5.78 Å². The molecule has 0 spiro atoms. The lowest BCUT2D eigenvalue weighted by Gasteiger charge is -2.60. The maximum Gasteiger partial charge on any atom is 0.139 e. The van der Waals surface area contributed by atoms with Crippen LogP contribution in [0.25, 0.3) is 0 Å². The second-order valence-electron chi connectivity index (χ2n) is 12.9. The molecule has 9 atom stereocenters. The maximum absolute atomic E-state index is 13.0. The first-order chi connectivity index (χ1) is 13.7. The molecule has 4 saturated carbocycles. The van der Waals surface area contributed by atoms with Crippen molar-refractivity contribution in [1.29, 1.82) is 0 Å². The van der Waals surface area contributed by atoms with Gasteiger partial charge in [0.1, 0.15) is 5.78 Å². The van der Waals surface area contributed by atoms with Gasteiger partial charge in [-0.25, -0.2) is 0 Å². The van der Waals surface area contributed by atoms with Crippen LogP contribution in [0.3, 0.4) is 0 Å². The van der Waals surface area contributed by atoms with Crippen LogP contribution < -0.4 is 0 Å². The monoisotopic (exact) mass is 400 g/mol. The molecule has 0 saturated heterocycles. The molecule has 29 heavy (non-hydrogen) atoms. The average molecular weight is 401 g/mol. The van der Waals surface area contributed by atoms with E-state index in [1.54, 1.807) is 0 Å². The first-order valence-corrected chi connectivity index (χ1v) is 13.2. The van der Waals surface area contributed by atoms with Gasteiger partial charge in [0.25, 0.3) is 0 Å². The van der Waals surface area contributed by atoms with Crippen LogP contribution in [0.1, 0.15) is 112 Å². The summed E-state index contributed by atoms with van der Waals surface area (Å²) in [5.74, 6) is 6.67. The van der Waals surface area contributed by atoms with Crippen molar-refractivity contribution in [1.82, 2.24) is 0 Å². The predicted molar refractivity (Wildman–Crippen MR) is 123 cm³/mol. The number of ketones is 1. The Hall–Kier alpha value is -0.330. The molecule has 0 aromatic rings. The normalized spacial score (nSPS) is 48.2. The van der Waals surface area contributed by atoms with E-state index < -0.39 is 0 Å². The molecule has 0 bridgehead atoms. The molecular formula is C28H48O. The number of hydrogen-bond donors (Lipinski definition) is 0. The summed E-state index contributed by atoms with van der Waals surface area (Å²) < 4.78 is 0. The van der Waals surface area contributed by atoms with E-state index in [2.05, 4.69) is 41.5 Å². The fourth-order valence-electron chi connectivity index (χ4n) is 9.32. The summed E-state index contributed by atoms with van der Waals surface area (Å²) in [6.07, 6.45) is 15.0. The SMILES string of the molecule is CC(C)CCC[C@@H](C)[C@H]1CC[C@H]2[C@@H]3CC[C@H]4C(=O)[C@@H](C)CC[C@]4(C)[C@H]3CC[C@]12C. The van der Waals surface area contributed by atoms with E-state index in [1.807, 2.05) is 0 Å². The highest BCUT2D eigenvalue weighted by Gasteiger charge is 2.61. The van der Waals surface area contributed by atoms with Crippen molar-refractivity contribution >= 4 is 5.78 Å². The number of Topliss-reactive ketones (excluding diaryl/α,β-unsaturated/α-hetero) is 1. The third-order valence-electron chi connectivity index (χ3n) is 11.0. The van der Waals surface area contributed by atoms with Crippen molar-refractivity contribution in [3.63, 3.8) is 0 Å². The number of hydrogen-bond acceptors (Lipinski definition) is 1. The molecule has 166 valence electrons. The minimum Gasteiger partial charge on any atom is -0.299 e. The van der Waals surface area contributed by atoms with Gasteiger partial charge >= 0.3 is 0 Å². The molecule has 4 rings (SSSR count). The first kappa shape index (κ1) is 21.9. The topological polar surface area (TPSA) is 17.1 Å². The third-order valence-corrected chi connectivity index (χ3v) is 11.0. The Morgan fingerprint density at radius 3 is 2.28 bits per heavy atom. The quantitative estimate of drug-likeness (QED) is 0.458. The minimum atomic E-state index is 0.314. The van der Waals surface area contributed by atoms with Gasteiger partial charge < -0.3 is 0 Å². The highest BCUT2D eigenvalue weighted by Crippen LogP contribution is 2.68. The summed E-state index contributed by atoms with van der Waals surface area (Å²) in [5, 5.41) is 0. The Morgan fingerprint density at radius 1 is 0.862 bits per heavy atom. The van der Waals surface area contributed by atoms with Crippen LogP contribution in [0, 0.1) is 58.2 Å². The Labute approximate surface area is 181 Å². The zero-order chi connectivity index (χ0) is 21.0. The second-order valence-corrected chi connectivity index (χ2v) is 12.9. The number of carbonyl (C=O) groups is 1. The van der Waals surface area contributed by atoms with E-state index in [4.69, 9.17) is 0 Å². The summed E-state index contributed by atoms with van der Waals surface area (Å²) >= 11 is 0. The molecule has 1 nitrogen and oxygen atoms in total. The van der Waals surface area contributed by atoms with Crippen LogP contribution >= 0.6 is 0 Å². The molecule has 1 heteroatoms. The van der Waals surface area contributed by atoms with Crippen LogP contribution in [0.2, 0.25) is 0 Å². The summed E-state index contributed by atoms with van der Waals surface area (Å²) in [6, 6.07) is 0. The Kier molecular flexibility index (Phi) is 6.02. The molecule has 0 aromatic carbocycles. The molecule has 0 unspecified atom stereocenters. The van der Waals surface area contributed by atoms with Crippen LogP contribution in [0.15, 0.2) is 0 Å². The molecule has 4 fully saturated rings. The molecule has 4 aliphatic rings. The fourth-order valence-corrected chi connectivity index (χ4v) is 9.32. The minimum absolute atomic E-state index is 0.314. The molecule has 0 N–H and O–H groups in total. The number of fused-ring (bicyclic) bond motifs is 5. The second kappa shape index (κ2) is 7.98. The van der Waals surface area contributed by atoms with Crippen molar-refractivity contribution in [3.8, 4) is 0 Å². The lowest BCUT2D eigenvalue weighted by molar-refractivity contribution is -0.154. The van der Waals surface area contributed by atoms with Crippen molar-refractivity contribution in [2.75, 3.05) is 0 Å². The molecule has 0 heterocycles. The van der Waals surface area contributed by atoms with E-state index in [0.717, 1.165) is 41.9 Å². The van der Waals surface area contributed by atoms with Gasteiger partial charge in [-0.3, -0.25) is 4.79 Å². The molecule has 0 radical (unpaired) electrons. The summed E-state index contributed by atoms with van der Waals surface area (Å²) in [6.45, 7) is 14.7. The van der Waals surface area contributed by atoms with E-state index in [9.17, 15) is 4.79 Å². The molecule has 0 amide bonds. The zero-order valence-electron chi connectivity index (χ0n) is 20.3. The van der Waals surface area contributed by atoms with Crippen molar-refractivity contribution in [2.45, 2.75) is 112 Å². The standard InChI is InChI=1S/C28H48O/c1-18(2)8-7-9-19(3)22-12-13-23-21-10-11-25-26(29)20(4)14-16-28(25,6)24(21)15-17-27(22,23)5/h18-25H,7-17H2,1-6H3/t19-,20+,21+,22-,23+,24+,25+,27-,28-/m1/s1. The van der Waals surface area contributed by atoms with Crippen LogP contribution in [0.4, 0.5) is 0 Å². The van der Waals surface area contributed by atoms with Gasteiger partial charge in [-0.1, -0.05) is 60.8 Å². The Balaban J connectivity index is 1.48. The van der Waals surface area contributed by atoms with Gasteiger partial charge in [-0.05, 0) is 97.7 Å². The van der Waals surface area contributed by atoms with E-state index in [1.165, 1.54) is 64.2 Å². The van der Waals surface area contributed by atoms with Gasteiger partial charge in [0.2, 0.25) is 0 Å². The first-order valence-electron chi connectivity index (χ1n) is 13.2. The lowest BCUT2D eigenvalue weighted by Crippen LogP contribution is -2.56. The predicted octanol–water partition coefficient (Wildman–Crippen LogP) is 7.92. The zero-order valence-corrected chi connectivity index (χ0v) is 20.3. The van der Waals surface area contributed by atoms with E-state index in [-0.39, 0.29) is 0 Å². The molecule has 0 aromatic heterocycles. The summed E-state index contributed by atoms with van der Waals surface area (Å²) in [5.41, 5.74) is 0.891. The Morgan fingerprint density at radius 2 is 1.55 bits per heavy atom. The highest BCUT2D eigenvalue weighted by atomic mass is 16.1. The Bertz CT molecular complexity index is 607. The average Bonchev–Trinajstić information content (AvgIpc) is 3.02. The third kappa shape index (κ3) is 3.55. The van der Waals surface area contributed by atoms with Crippen molar-refractivity contribution < 1.29 is 4.79 Å². The van der Waals surface area contributed by atoms with Crippen LogP contribution in [-0.2, 0) is 4.79 Å². The van der Waals surface area contributed by atoms with Gasteiger partial charge in [-0.15, -0.1) is 0 Å². The van der Waals surface area contributed by atoms with Crippen molar-refractivity contribution in [2.24, 2.45) is 58.2 Å². The molecular weight excluding hydrogens is 352 g/mol.